The van der Waals surface area contributed by atoms with Crippen LogP contribution in [-0.4, -0.2) is 116 Å². The molecular formula is C50H80N4O10Si2. The summed E-state index contributed by atoms with van der Waals surface area (Å²) in [7, 11) is -1.07. The van der Waals surface area contributed by atoms with Crippen molar-refractivity contribution in [3.8, 4) is 23.0 Å². The van der Waals surface area contributed by atoms with E-state index in [1.165, 1.54) is 14.2 Å². The number of nitrogens with two attached hydrogens (primary N) is 1. The first kappa shape index (κ1) is 54.1. The quantitative estimate of drug-likeness (QED) is 0.0597. The van der Waals surface area contributed by atoms with E-state index in [-0.39, 0.29) is 45.2 Å². The predicted octanol–water partition coefficient (Wildman–Crippen LogP) is 10.8. The van der Waals surface area contributed by atoms with Crippen LogP contribution in [0.25, 0.3) is 0 Å². The number of unbranched alkanes of at least 4 members (excludes halogenated alkanes) is 2. The summed E-state index contributed by atoms with van der Waals surface area (Å²) in [4.78, 5) is 45.0. The van der Waals surface area contributed by atoms with E-state index in [0.29, 0.717) is 99.4 Å². The topological polar surface area (TPSA) is 160 Å². The zero-order valence-electron chi connectivity index (χ0n) is 42.7. The Morgan fingerprint density at radius 2 is 1.09 bits per heavy atom. The van der Waals surface area contributed by atoms with Crippen molar-refractivity contribution in [1.82, 2.24) is 9.80 Å². The van der Waals surface area contributed by atoms with Gasteiger partial charge >= 0.3 is 6.09 Å². The van der Waals surface area contributed by atoms with Gasteiger partial charge in [0, 0.05) is 30.9 Å². The fourth-order valence-corrected chi connectivity index (χ4v) is 9.27. The lowest BCUT2D eigenvalue weighted by Crippen LogP contribution is -2.46. The third kappa shape index (κ3) is 14.0. The highest BCUT2D eigenvalue weighted by atomic mass is 28.4. The van der Waals surface area contributed by atoms with Gasteiger partial charge in [0.05, 0.1) is 69.5 Å². The molecule has 66 heavy (non-hydrogen) atoms. The number of carbonyl (C=O) groups excluding carboxylic acids is 3. The van der Waals surface area contributed by atoms with Crippen LogP contribution in [0.3, 0.4) is 0 Å². The van der Waals surface area contributed by atoms with E-state index in [2.05, 4.69) is 86.2 Å². The van der Waals surface area contributed by atoms with E-state index in [1.54, 1.807) is 54.8 Å². The highest BCUT2D eigenvalue weighted by molar-refractivity contribution is 6.74. The van der Waals surface area contributed by atoms with Gasteiger partial charge in [-0.2, -0.15) is 0 Å². The maximum Gasteiger partial charge on any atom is 0.412 e. The predicted molar refractivity (Wildman–Crippen MR) is 269 cm³/mol. The van der Waals surface area contributed by atoms with Crippen LogP contribution < -0.4 is 30.0 Å². The zero-order chi connectivity index (χ0) is 49.6. The minimum absolute atomic E-state index is 0.00967. The molecule has 2 aromatic carbocycles. The SMILES string of the molecule is C=C1C[C@@H](CO[Si](C)(C)C(C)(C)C)N(C(=O)c2cc(OC)c(OCCCCCOc3cc(NC(=O)OC(C)(C)C)c(C(=O)N4CC(=C)C[C@H]4CO[Si](C)(C)C(C)(C)C)cc3OC)cc2N)C1. The highest BCUT2D eigenvalue weighted by Crippen LogP contribution is 2.41. The van der Waals surface area contributed by atoms with Crippen LogP contribution in [0.4, 0.5) is 16.2 Å². The third-order valence-corrected chi connectivity index (χ3v) is 22.2. The second-order valence-corrected chi connectivity index (χ2v) is 31.4. The Morgan fingerprint density at radius 3 is 1.52 bits per heavy atom. The van der Waals surface area contributed by atoms with E-state index in [0.717, 1.165) is 17.6 Å². The summed E-state index contributed by atoms with van der Waals surface area (Å²) in [6.07, 6.45) is 2.72. The summed E-state index contributed by atoms with van der Waals surface area (Å²) >= 11 is 0. The van der Waals surface area contributed by atoms with Gasteiger partial charge in [0.1, 0.15) is 5.60 Å². The standard InChI is InChI=1S/C50H80N4O10Si2/c1-33-23-35(31-62-65(14,15)49(6,7)8)53(29-33)45(55)37-25-41(58-12)43(27-39(37)51)60-21-19-18-20-22-61-44-28-40(52-47(57)64-48(3,4)5)38(26-42(44)59-13)46(56)54-30-34(2)24-36(54)32-63-66(16,17)50(9,10)11/h25-28,35-36H,1-2,18-24,29-32,51H2,3-17H3,(H,52,57)/t35-,36-/m0/s1. The van der Waals surface area contributed by atoms with Crippen molar-refractivity contribution in [1.29, 1.82) is 0 Å². The molecule has 2 aromatic rings. The number of rotatable bonds is 19. The van der Waals surface area contributed by atoms with Crippen LogP contribution in [0, 0.1) is 0 Å². The van der Waals surface area contributed by atoms with Crippen molar-refractivity contribution in [2.75, 3.05) is 64.8 Å². The van der Waals surface area contributed by atoms with Crippen molar-refractivity contribution in [3.05, 3.63) is 59.7 Å². The normalized spacial score (nSPS) is 17.3. The van der Waals surface area contributed by atoms with Crippen LogP contribution in [0.5, 0.6) is 23.0 Å². The fraction of sp³-hybridized carbons (Fsp3) is 0.620. The second kappa shape index (κ2) is 21.6. The van der Waals surface area contributed by atoms with Gasteiger partial charge in [-0.1, -0.05) is 65.8 Å². The molecule has 0 bridgehead atoms. The van der Waals surface area contributed by atoms with Gasteiger partial charge < -0.3 is 48.1 Å². The molecule has 0 unspecified atom stereocenters. The first-order valence-electron chi connectivity index (χ1n) is 23.2. The van der Waals surface area contributed by atoms with Gasteiger partial charge in [0.25, 0.3) is 11.8 Å². The average molecular weight is 953 g/mol. The molecule has 4 rings (SSSR count). The minimum Gasteiger partial charge on any atom is -0.493 e. The molecule has 0 spiro atoms. The number of likely N-dealkylation sites (tertiary alicyclic amines) is 2. The molecule has 3 amide bonds. The first-order chi connectivity index (χ1) is 30.5. The maximum atomic E-state index is 14.4. The number of nitrogens with one attached hydrogen (secondary N) is 1. The number of ether oxygens (including phenoxy) is 5. The Balaban J connectivity index is 1.40. The Hall–Kier alpha value is -4.52. The van der Waals surface area contributed by atoms with Crippen LogP contribution in [0.2, 0.25) is 36.3 Å². The average Bonchev–Trinajstić information content (AvgIpc) is 3.77. The zero-order valence-corrected chi connectivity index (χ0v) is 44.7. The van der Waals surface area contributed by atoms with Gasteiger partial charge in [-0.05, 0) is 101 Å². The Kier molecular flexibility index (Phi) is 17.7. The number of amides is 3. The lowest BCUT2D eigenvalue weighted by Gasteiger charge is -2.38. The van der Waals surface area contributed by atoms with E-state index >= 15 is 0 Å². The molecule has 16 heteroatoms. The molecule has 2 heterocycles. The van der Waals surface area contributed by atoms with Gasteiger partial charge in [0.15, 0.2) is 39.6 Å². The van der Waals surface area contributed by atoms with Crippen LogP contribution in [-0.2, 0) is 13.6 Å². The summed E-state index contributed by atoms with van der Waals surface area (Å²) < 4.78 is 42.4. The number of hydrogen-bond acceptors (Lipinski definition) is 11. The number of anilines is 2. The van der Waals surface area contributed by atoms with E-state index in [1.807, 2.05) is 0 Å². The number of hydrogen-bond donors (Lipinski definition) is 2. The number of methoxy groups -OCH3 is 2. The molecule has 368 valence electrons. The Labute approximate surface area is 397 Å². The Bertz CT molecular complexity index is 2090. The van der Waals surface area contributed by atoms with Crippen molar-refractivity contribution >= 4 is 45.9 Å². The molecule has 14 nitrogen and oxygen atoms in total. The first-order valence-corrected chi connectivity index (χ1v) is 29.0. The Morgan fingerprint density at radius 1 is 0.667 bits per heavy atom. The summed E-state index contributed by atoms with van der Waals surface area (Å²) in [5.41, 5.74) is 8.77. The van der Waals surface area contributed by atoms with Crippen molar-refractivity contribution in [2.24, 2.45) is 0 Å². The molecule has 2 saturated heterocycles. The van der Waals surface area contributed by atoms with Crippen LogP contribution >= 0.6 is 0 Å². The van der Waals surface area contributed by atoms with Crippen LogP contribution in [0.15, 0.2) is 48.6 Å². The molecule has 2 fully saturated rings. The summed E-state index contributed by atoms with van der Waals surface area (Å²) in [6, 6.07) is 6.17. The molecule has 3 N–H and O–H groups in total. The van der Waals surface area contributed by atoms with E-state index in [4.69, 9.17) is 38.3 Å². The van der Waals surface area contributed by atoms with Crippen molar-refractivity contribution < 1.29 is 46.9 Å². The van der Waals surface area contributed by atoms with Gasteiger partial charge in [-0.25, -0.2) is 4.79 Å². The number of nitrogens with zero attached hydrogens (tertiary/aromatic N) is 2. The number of carbonyl (C=O) groups is 3. The van der Waals surface area contributed by atoms with Gasteiger partial charge in [0.2, 0.25) is 0 Å². The highest BCUT2D eigenvalue weighted by Gasteiger charge is 2.42. The van der Waals surface area contributed by atoms with Gasteiger partial charge in [-0.15, -0.1) is 0 Å². The molecule has 2 aliphatic rings. The van der Waals surface area contributed by atoms with Crippen molar-refractivity contribution in [2.45, 2.75) is 148 Å². The molecule has 0 radical (unpaired) electrons. The largest absolute Gasteiger partial charge is 0.493 e. The summed E-state index contributed by atoms with van der Waals surface area (Å²) in [5.74, 6) is 1.09. The lowest BCUT2D eigenvalue weighted by atomic mass is 10.1. The third-order valence-electron chi connectivity index (χ3n) is 13.2. The maximum absolute atomic E-state index is 14.4. The molecule has 2 atom stereocenters. The second-order valence-electron chi connectivity index (χ2n) is 21.7. The molecule has 0 aliphatic carbocycles. The van der Waals surface area contributed by atoms with E-state index < -0.39 is 28.3 Å². The summed E-state index contributed by atoms with van der Waals surface area (Å²) in [6.45, 7) is 38.0. The number of benzene rings is 2. The van der Waals surface area contributed by atoms with Crippen molar-refractivity contribution in [3.63, 3.8) is 0 Å². The minimum atomic E-state index is -2.09. The monoisotopic (exact) mass is 953 g/mol. The van der Waals surface area contributed by atoms with Crippen LogP contribution in [0.1, 0.15) is 115 Å². The summed E-state index contributed by atoms with van der Waals surface area (Å²) in [5, 5.41) is 2.86. The van der Waals surface area contributed by atoms with Gasteiger partial charge in [-0.3, -0.25) is 14.9 Å². The smallest absolute Gasteiger partial charge is 0.412 e. The fourth-order valence-electron chi connectivity index (χ4n) is 7.19. The molecular weight excluding hydrogens is 873 g/mol. The lowest BCUT2D eigenvalue weighted by molar-refractivity contribution is 0.0634. The molecule has 0 saturated carbocycles. The molecule has 0 aromatic heterocycles. The molecule has 2 aliphatic heterocycles. The number of nitrogen functional groups attached to an aromatic ring is 1. The van der Waals surface area contributed by atoms with E-state index in [9.17, 15) is 14.4 Å².